The zero-order valence-corrected chi connectivity index (χ0v) is 12.3. The van der Waals surface area contributed by atoms with Gasteiger partial charge in [-0.25, -0.2) is 0 Å². The van der Waals surface area contributed by atoms with Crippen LogP contribution in [0.4, 0.5) is 0 Å². The van der Waals surface area contributed by atoms with Crippen LogP contribution >= 0.6 is 0 Å². The fourth-order valence-corrected chi connectivity index (χ4v) is 3.36. The van der Waals surface area contributed by atoms with Crippen LogP contribution in [0.25, 0.3) is 0 Å². The van der Waals surface area contributed by atoms with Gasteiger partial charge in [0.25, 0.3) is 0 Å². The standard InChI is InChI=1S/C17H23N3/c1-3-16-15(12-20(2)19-16)14-9-10-18-17(14)11-13-7-5-4-6-8-13/h4-8,12,14,17-18H,3,9-11H2,1-2H3. The Kier molecular flexibility index (Phi) is 3.88. The SMILES string of the molecule is CCc1nn(C)cc1C1CCNC1Cc1ccccc1. The molecule has 3 nitrogen and oxygen atoms in total. The lowest BCUT2D eigenvalue weighted by Crippen LogP contribution is -2.28. The Morgan fingerprint density at radius 3 is 2.85 bits per heavy atom. The summed E-state index contributed by atoms with van der Waals surface area (Å²) in [6, 6.07) is 11.3. The molecule has 2 heterocycles. The zero-order chi connectivity index (χ0) is 13.9. The van der Waals surface area contributed by atoms with Crippen LogP contribution < -0.4 is 5.32 Å². The third-order valence-corrected chi connectivity index (χ3v) is 4.32. The largest absolute Gasteiger partial charge is 0.313 e. The molecule has 3 rings (SSSR count). The van der Waals surface area contributed by atoms with Crippen LogP contribution in [-0.2, 0) is 19.9 Å². The molecular formula is C17H23N3. The van der Waals surface area contributed by atoms with Crippen molar-refractivity contribution in [3.05, 3.63) is 53.3 Å². The summed E-state index contributed by atoms with van der Waals surface area (Å²) >= 11 is 0. The van der Waals surface area contributed by atoms with Gasteiger partial charge in [-0.1, -0.05) is 37.3 Å². The van der Waals surface area contributed by atoms with E-state index in [-0.39, 0.29) is 0 Å². The average Bonchev–Trinajstić information content (AvgIpc) is 3.06. The normalized spacial score (nSPS) is 22.3. The molecule has 1 aromatic heterocycles. The molecule has 0 spiro atoms. The van der Waals surface area contributed by atoms with Crippen molar-refractivity contribution in [2.75, 3.05) is 6.54 Å². The maximum atomic E-state index is 4.60. The minimum absolute atomic E-state index is 0.534. The van der Waals surface area contributed by atoms with Crippen molar-refractivity contribution >= 4 is 0 Å². The predicted octanol–water partition coefficient (Wildman–Crippen LogP) is 2.67. The van der Waals surface area contributed by atoms with Crippen molar-refractivity contribution in [2.45, 2.75) is 38.1 Å². The first-order valence-electron chi connectivity index (χ1n) is 7.57. The van der Waals surface area contributed by atoms with Crippen LogP contribution in [0.3, 0.4) is 0 Å². The van der Waals surface area contributed by atoms with Crippen molar-refractivity contribution in [2.24, 2.45) is 7.05 Å². The second kappa shape index (κ2) is 5.80. The van der Waals surface area contributed by atoms with Crippen LogP contribution in [0.1, 0.15) is 36.1 Å². The van der Waals surface area contributed by atoms with E-state index in [2.05, 4.69) is 53.9 Å². The van der Waals surface area contributed by atoms with Crippen molar-refractivity contribution in [3.8, 4) is 0 Å². The van der Waals surface area contributed by atoms with Crippen molar-refractivity contribution < 1.29 is 0 Å². The van der Waals surface area contributed by atoms with Gasteiger partial charge in [-0.3, -0.25) is 4.68 Å². The monoisotopic (exact) mass is 269 g/mol. The number of hydrogen-bond donors (Lipinski definition) is 1. The van der Waals surface area contributed by atoms with E-state index < -0.39 is 0 Å². The van der Waals surface area contributed by atoms with Gasteiger partial charge < -0.3 is 5.32 Å². The van der Waals surface area contributed by atoms with Gasteiger partial charge in [-0.2, -0.15) is 5.10 Å². The van der Waals surface area contributed by atoms with E-state index in [1.807, 2.05) is 11.7 Å². The molecule has 1 aromatic carbocycles. The number of aromatic nitrogens is 2. The summed E-state index contributed by atoms with van der Waals surface area (Å²) in [4.78, 5) is 0. The molecule has 3 heteroatoms. The lowest BCUT2D eigenvalue weighted by molar-refractivity contribution is 0.541. The lowest BCUT2D eigenvalue weighted by Gasteiger charge is -2.19. The first-order chi connectivity index (χ1) is 9.78. The number of benzene rings is 1. The maximum Gasteiger partial charge on any atom is 0.0657 e. The first-order valence-corrected chi connectivity index (χ1v) is 7.57. The molecule has 0 saturated carbocycles. The molecule has 2 unspecified atom stereocenters. The predicted molar refractivity (Wildman–Crippen MR) is 81.9 cm³/mol. The summed E-state index contributed by atoms with van der Waals surface area (Å²) in [5, 5.41) is 8.28. The van der Waals surface area contributed by atoms with Crippen LogP contribution in [0.2, 0.25) is 0 Å². The molecule has 1 saturated heterocycles. The van der Waals surface area contributed by atoms with Gasteiger partial charge >= 0.3 is 0 Å². The Morgan fingerprint density at radius 1 is 1.30 bits per heavy atom. The molecular weight excluding hydrogens is 246 g/mol. The Balaban J connectivity index is 1.81. The number of rotatable bonds is 4. The van der Waals surface area contributed by atoms with Crippen LogP contribution in [0, 0.1) is 0 Å². The number of aryl methyl sites for hydroxylation is 2. The van der Waals surface area contributed by atoms with E-state index in [1.54, 1.807) is 0 Å². The minimum atomic E-state index is 0.534. The fourth-order valence-electron chi connectivity index (χ4n) is 3.36. The fraction of sp³-hybridized carbons (Fsp3) is 0.471. The second-order valence-corrected chi connectivity index (χ2v) is 5.70. The van der Waals surface area contributed by atoms with Crippen LogP contribution in [0.15, 0.2) is 36.5 Å². The van der Waals surface area contributed by atoms with Crippen molar-refractivity contribution in [1.82, 2.24) is 15.1 Å². The molecule has 0 aliphatic carbocycles. The van der Waals surface area contributed by atoms with Gasteiger partial charge in [0.05, 0.1) is 5.69 Å². The summed E-state index contributed by atoms with van der Waals surface area (Å²) < 4.78 is 1.96. The van der Waals surface area contributed by atoms with Crippen molar-refractivity contribution in [3.63, 3.8) is 0 Å². The van der Waals surface area contributed by atoms with Gasteiger partial charge in [0.2, 0.25) is 0 Å². The molecule has 1 fully saturated rings. The minimum Gasteiger partial charge on any atom is -0.313 e. The molecule has 106 valence electrons. The molecule has 20 heavy (non-hydrogen) atoms. The molecule has 1 N–H and O–H groups in total. The maximum absolute atomic E-state index is 4.60. The Labute approximate surface area is 121 Å². The second-order valence-electron chi connectivity index (χ2n) is 5.70. The molecule has 2 atom stereocenters. The Morgan fingerprint density at radius 2 is 2.10 bits per heavy atom. The smallest absolute Gasteiger partial charge is 0.0657 e. The van der Waals surface area contributed by atoms with E-state index in [0.29, 0.717) is 12.0 Å². The van der Waals surface area contributed by atoms with E-state index in [9.17, 15) is 0 Å². The van der Waals surface area contributed by atoms with Gasteiger partial charge in [0.15, 0.2) is 0 Å². The summed E-state index contributed by atoms with van der Waals surface area (Å²) in [6.07, 6.45) is 5.55. The Bertz CT molecular complexity index is 559. The summed E-state index contributed by atoms with van der Waals surface area (Å²) in [6.45, 7) is 3.31. The van der Waals surface area contributed by atoms with Gasteiger partial charge in [-0.05, 0) is 36.9 Å². The van der Waals surface area contributed by atoms with Gasteiger partial charge in [-0.15, -0.1) is 0 Å². The molecule has 0 bridgehead atoms. The van der Waals surface area contributed by atoms with Crippen molar-refractivity contribution in [1.29, 1.82) is 0 Å². The highest BCUT2D eigenvalue weighted by Gasteiger charge is 2.30. The van der Waals surface area contributed by atoms with E-state index in [0.717, 1.165) is 19.4 Å². The average molecular weight is 269 g/mol. The van der Waals surface area contributed by atoms with E-state index in [1.165, 1.54) is 23.2 Å². The summed E-state index contributed by atoms with van der Waals surface area (Å²) in [5.41, 5.74) is 4.12. The highest BCUT2D eigenvalue weighted by molar-refractivity contribution is 5.27. The highest BCUT2D eigenvalue weighted by Crippen LogP contribution is 2.31. The third-order valence-electron chi connectivity index (χ3n) is 4.32. The quantitative estimate of drug-likeness (QED) is 0.925. The molecule has 2 aromatic rings. The topological polar surface area (TPSA) is 29.9 Å². The summed E-state index contributed by atoms with van der Waals surface area (Å²) in [7, 11) is 2.03. The highest BCUT2D eigenvalue weighted by atomic mass is 15.3. The number of hydrogen-bond acceptors (Lipinski definition) is 2. The first kappa shape index (κ1) is 13.4. The molecule has 1 aliphatic heterocycles. The van der Waals surface area contributed by atoms with Crippen LogP contribution in [0.5, 0.6) is 0 Å². The van der Waals surface area contributed by atoms with Gasteiger partial charge in [0, 0.05) is 25.2 Å². The van der Waals surface area contributed by atoms with E-state index >= 15 is 0 Å². The molecule has 0 amide bonds. The van der Waals surface area contributed by atoms with Gasteiger partial charge in [0.1, 0.15) is 0 Å². The summed E-state index contributed by atoms with van der Waals surface area (Å²) in [5.74, 6) is 0.596. The molecule has 1 aliphatic rings. The third kappa shape index (κ3) is 2.63. The number of nitrogens with zero attached hydrogens (tertiary/aromatic N) is 2. The zero-order valence-electron chi connectivity index (χ0n) is 12.3. The Hall–Kier alpha value is -1.61. The van der Waals surface area contributed by atoms with E-state index in [4.69, 9.17) is 0 Å². The lowest BCUT2D eigenvalue weighted by atomic mass is 9.88. The van der Waals surface area contributed by atoms with Crippen LogP contribution in [-0.4, -0.2) is 22.4 Å². The number of nitrogens with one attached hydrogen (secondary N) is 1. The molecule has 0 radical (unpaired) electrons.